The van der Waals surface area contributed by atoms with E-state index in [4.69, 9.17) is 4.74 Å². The maximum absolute atomic E-state index is 12.7. The minimum atomic E-state index is -0.162. The Hall–Kier alpha value is -1.45. The van der Waals surface area contributed by atoms with Gasteiger partial charge in [-0.2, -0.15) is 0 Å². The molecule has 4 heteroatoms. The number of esters is 1. The van der Waals surface area contributed by atoms with Crippen LogP contribution in [0.5, 0.6) is 0 Å². The van der Waals surface area contributed by atoms with Crippen LogP contribution in [0.4, 0.5) is 0 Å². The van der Waals surface area contributed by atoms with Crippen molar-refractivity contribution < 1.29 is 19.1 Å². The highest BCUT2D eigenvalue weighted by Gasteiger charge is 2.68. The molecule has 0 radical (unpaired) electrons. The molecule has 4 bridgehead atoms. The Bertz CT molecular complexity index is 622. The highest BCUT2D eigenvalue weighted by atomic mass is 16.5. The smallest absolute Gasteiger partial charge is 0.306 e. The highest BCUT2D eigenvalue weighted by Crippen LogP contribution is 2.64. The van der Waals surface area contributed by atoms with Gasteiger partial charge in [0, 0.05) is 30.1 Å². The molecule has 0 N–H and O–H groups in total. The van der Waals surface area contributed by atoms with Gasteiger partial charge in [-0.15, -0.1) is 0 Å². The number of fused-ring (bicyclic) bond motifs is 9. The summed E-state index contributed by atoms with van der Waals surface area (Å²) >= 11 is 0. The van der Waals surface area contributed by atoms with Gasteiger partial charge in [0.25, 0.3) is 0 Å². The number of rotatable bonds is 9. The molecule has 0 amide bonds. The molecule has 4 aliphatic rings. The van der Waals surface area contributed by atoms with Crippen LogP contribution in [0.3, 0.4) is 0 Å². The third-order valence-corrected chi connectivity index (χ3v) is 7.28. The second-order valence-electron chi connectivity index (χ2n) is 8.72. The Kier molecular flexibility index (Phi) is 5.02. The first-order chi connectivity index (χ1) is 12.6. The fraction of sp³-hybridized carbons (Fsp3) is 0.773. The fourth-order valence-corrected chi connectivity index (χ4v) is 6.22. The summed E-state index contributed by atoms with van der Waals surface area (Å²) < 4.78 is 5.42. The van der Waals surface area contributed by atoms with Crippen LogP contribution >= 0.6 is 0 Å². The van der Waals surface area contributed by atoms with Crippen LogP contribution in [-0.4, -0.2) is 24.1 Å². The van der Waals surface area contributed by atoms with Crippen molar-refractivity contribution in [1.29, 1.82) is 0 Å². The molecule has 26 heavy (non-hydrogen) atoms. The zero-order valence-electron chi connectivity index (χ0n) is 15.7. The van der Waals surface area contributed by atoms with E-state index >= 15 is 0 Å². The first-order valence-electron chi connectivity index (χ1n) is 10.5. The summed E-state index contributed by atoms with van der Waals surface area (Å²) in [4.78, 5) is 37.3. The molecule has 0 aromatic rings. The minimum absolute atomic E-state index is 0.00488. The van der Waals surface area contributed by atoms with E-state index in [9.17, 15) is 14.4 Å². The van der Waals surface area contributed by atoms with Crippen LogP contribution in [0.15, 0.2) is 12.2 Å². The van der Waals surface area contributed by atoms with Gasteiger partial charge in [0.2, 0.25) is 0 Å². The zero-order valence-corrected chi connectivity index (χ0v) is 15.7. The molecule has 3 saturated carbocycles. The fourth-order valence-electron chi connectivity index (χ4n) is 6.22. The molecule has 3 fully saturated rings. The number of ether oxygens (including phenoxy) is 1. The van der Waals surface area contributed by atoms with Crippen molar-refractivity contribution >= 4 is 17.5 Å². The van der Waals surface area contributed by atoms with Gasteiger partial charge in [-0.05, 0) is 30.6 Å². The van der Waals surface area contributed by atoms with Gasteiger partial charge >= 0.3 is 5.97 Å². The Morgan fingerprint density at radius 3 is 2.46 bits per heavy atom. The van der Waals surface area contributed by atoms with Crippen LogP contribution < -0.4 is 0 Å². The lowest BCUT2D eigenvalue weighted by molar-refractivity contribution is -0.145. The third-order valence-electron chi connectivity index (χ3n) is 7.28. The van der Waals surface area contributed by atoms with Crippen molar-refractivity contribution in [3.63, 3.8) is 0 Å². The molecule has 0 aromatic carbocycles. The predicted molar refractivity (Wildman–Crippen MR) is 97.2 cm³/mol. The lowest BCUT2D eigenvalue weighted by atomic mass is 9.69. The molecule has 7 atom stereocenters. The maximum Gasteiger partial charge on any atom is 0.306 e. The average molecular weight is 358 g/mol. The first kappa shape index (κ1) is 17.9. The molecule has 0 spiro atoms. The molecule has 4 aliphatic carbocycles. The van der Waals surface area contributed by atoms with Gasteiger partial charge in [0.1, 0.15) is 11.6 Å². The van der Waals surface area contributed by atoms with E-state index in [1.165, 1.54) is 25.7 Å². The molecule has 4 rings (SSSR count). The van der Waals surface area contributed by atoms with E-state index in [0.717, 1.165) is 19.3 Å². The second-order valence-corrected chi connectivity index (χ2v) is 8.72. The van der Waals surface area contributed by atoms with Crippen LogP contribution in [0.25, 0.3) is 0 Å². The van der Waals surface area contributed by atoms with Gasteiger partial charge in [-0.25, -0.2) is 0 Å². The van der Waals surface area contributed by atoms with E-state index < -0.39 is 0 Å². The van der Waals surface area contributed by atoms with Gasteiger partial charge < -0.3 is 4.74 Å². The number of hydrogen-bond acceptors (Lipinski definition) is 4. The van der Waals surface area contributed by atoms with Gasteiger partial charge in [-0.3, -0.25) is 14.4 Å². The monoisotopic (exact) mass is 358 g/mol. The molecule has 0 saturated heterocycles. The molecule has 0 heterocycles. The van der Waals surface area contributed by atoms with E-state index in [1.807, 2.05) is 12.2 Å². The van der Waals surface area contributed by atoms with Crippen LogP contribution in [-0.2, 0) is 19.1 Å². The minimum Gasteiger partial charge on any atom is -0.466 e. The molecular weight excluding hydrogens is 328 g/mol. The molecule has 4 nitrogen and oxygen atoms in total. The Labute approximate surface area is 155 Å². The van der Waals surface area contributed by atoms with Crippen molar-refractivity contribution in [1.82, 2.24) is 0 Å². The Balaban J connectivity index is 1.24. The third kappa shape index (κ3) is 2.86. The molecule has 0 aliphatic heterocycles. The summed E-state index contributed by atoms with van der Waals surface area (Å²) in [7, 11) is 0. The lowest BCUT2D eigenvalue weighted by Crippen LogP contribution is -2.32. The summed E-state index contributed by atoms with van der Waals surface area (Å²) in [5.74, 6) is 0.785. The molecular formula is C22H30O4. The Morgan fingerprint density at radius 2 is 1.69 bits per heavy atom. The number of Topliss-reactive ketones (excluding diaryl/α,β-unsaturated/α-hetero) is 2. The van der Waals surface area contributed by atoms with E-state index in [-0.39, 0.29) is 47.4 Å². The van der Waals surface area contributed by atoms with Gasteiger partial charge in [0.15, 0.2) is 0 Å². The largest absolute Gasteiger partial charge is 0.466 e. The summed E-state index contributed by atoms with van der Waals surface area (Å²) in [5.41, 5.74) is 0. The van der Waals surface area contributed by atoms with E-state index in [1.54, 1.807) is 0 Å². The standard InChI is InChI=1S/C22H30O4/c1-2-3-4-5-6-7-10-26-17(23)12-13-11-16-19-14-8-9-15(21(14)24)20(19)18(13)22(16)25/h8-9,13-16,18-20H,2-7,10-12H2,1H3. The lowest BCUT2D eigenvalue weighted by Gasteiger charge is -2.33. The SMILES string of the molecule is CCCCCCCCOC(=O)CC1CC2C(=O)C1C1C3C=CC(C3=O)C21. The summed E-state index contributed by atoms with van der Waals surface area (Å²) in [6, 6.07) is 0. The topological polar surface area (TPSA) is 60.4 Å². The molecule has 7 unspecified atom stereocenters. The number of carbonyl (C=O) groups excluding carboxylic acids is 3. The second kappa shape index (κ2) is 7.28. The van der Waals surface area contributed by atoms with E-state index in [0.29, 0.717) is 24.6 Å². The highest BCUT2D eigenvalue weighted by molar-refractivity contribution is 5.99. The summed E-state index contributed by atoms with van der Waals surface area (Å²) in [5, 5.41) is 0. The van der Waals surface area contributed by atoms with Gasteiger partial charge in [-0.1, -0.05) is 51.2 Å². The van der Waals surface area contributed by atoms with Crippen molar-refractivity contribution in [3.05, 3.63) is 12.2 Å². The zero-order chi connectivity index (χ0) is 18.3. The van der Waals surface area contributed by atoms with Crippen molar-refractivity contribution in [3.8, 4) is 0 Å². The number of hydrogen-bond donors (Lipinski definition) is 0. The van der Waals surface area contributed by atoms with Gasteiger partial charge in [0.05, 0.1) is 6.61 Å². The number of unbranched alkanes of at least 4 members (excludes halogenated alkanes) is 5. The van der Waals surface area contributed by atoms with Crippen LogP contribution in [0, 0.1) is 41.4 Å². The number of carbonyl (C=O) groups is 3. The van der Waals surface area contributed by atoms with Crippen LogP contribution in [0.1, 0.15) is 58.3 Å². The predicted octanol–water partition coefficient (Wildman–Crippen LogP) is 3.73. The summed E-state index contributed by atoms with van der Waals surface area (Å²) in [6.07, 6.45) is 12.2. The van der Waals surface area contributed by atoms with Crippen LogP contribution in [0.2, 0.25) is 0 Å². The van der Waals surface area contributed by atoms with E-state index in [2.05, 4.69) is 6.92 Å². The summed E-state index contributed by atoms with van der Waals surface area (Å²) in [6.45, 7) is 2.70. The number of allylic oxidation sites excluding steroid dienone is 2. The molecule has 0 aromatic heterocycles. The molecule has 142 valence electrons. The first-order valence-corrected chi connectivity index (χ1v) is 10.5. The maximum atomic E-state index is 12.7. The van der Waals surface area contributed by atoms with Crippen molar-refractivity contribution in [2.45, 2.75) is 58.3 Å². The normalized spacial score (nSPS) is 39.0. The number of ketones is 2. The Morgan fingerprint density at radius 1 is 1.00 bits per heavy atom. The average Bonchev–Trinajstić information content (AvgIpc) is 3.31. The van der Waals surface area contributed by atoms with Crippen molar-refractivity contribution in [2.24, 2.45) is 41.4 Å². The quantitative estimate of drug-likeness (QED) is 0.273. The van der Waals surface area contributed by atoms with Crippen molar-refractivity contribution in [2.75, 3.05) is 6.61 Å².